The molecule has 51 valence electrons. The monoisotopic (exact) mass is 128 g/mol. The number of rotatable bonds is 1. The lowest BCUT2D eigenvalue weighted by Gasteiger charge is -2.16. The Balaban J connectivity index is 2.31. The minimum Gasteiger partial charge on any atom is -0.481 e. The lowest BCUT2D eigenvalue weighted by Crippen LogP contribution is -2.27. The van der Waals surface area contributed by atoms with Crippen molar-refractivity contribution in [3.8, 4) is 0 Å². The van der Waals surface area contributed by atoms with Crippen LogP contribution in [0.5, 0.6) is 0 Å². The molecular formula is C6H10NO2. The number of hydrogen-bond donors (Lipinski definition) is 1. The van der Waals surface area contributed by atoms with Crippen molar-refractivity contribution in [3.63, 3.8) is 0 Å². The Bertz CT molecular complexity index is 108. The van der Waals surface area contributed by atoms with E-state index in [1.54, 1.807) is 0 Å². The van der Waals surface area contributed by atoms with E-state index in [4.69, 9.17) is 5.11 Å². The van der Waals surface area contributed by atoms with Gasteiger partial charge in [-0.2, -0.15) is 0 Å². The van der Waals surface area contributed by atoms with Crippen LogP contribution in [0, 0.1) is 5.92 Å². The summed E-state index contributed by atoms with van der Waals surface area (Å²) in [7, 11) is 0. The molecule has 0 aromatic carbocycles. The van der Waals surface area contributed by atoms with Gasteiger partial charge in [-0.3, -0.25) is 4.79 Å². The number of carboxylic acid groups (broad SMARTS) is 1. The minimum absolute atomic E-state index is 0.123. The van der Waals surface area contributed by atoms with Crippen LogP contribution < -0.4 is 5.32 Å². The van der Waals surface area contributed by atoms with E-state index in [1.165, 1.54) is 0 Å². The quantitative estimate of drug-likeness (QED) is 0.544. The first-order valence-electron chi connectivity index (χ1n) is 3.17. The van der Waals surface area contributed by atoms with Gasteiger partial charge in [0.1, 0.15) is 0 Å². The van der Waals surface area contributed by atoms with Gasteiger partial charge in [0, 0.05) is 13.1 Å². The average molecular weight is 128 g/mol. The van der Waals surface area contributed by atoms with E-state index in [-0.39, 0.29) is 5.92 Å². The van der Waals surface area contributed by atoms with E-state index in [0.29, 0.717) is 0 Å². The van der Waals surface area contributed by atoms with E-state index in [1.807, 2.05) is 0 Å². The van der Waals surface area contributed by atoms with Crippen LogP contribution in [-0.4, -0.2) is 24.2 Å². The molecule has 0 saturated carbocycles. The van der Waals surface area contributed by atoms with Crippen molar-refractivity contribution in [2.45, 2.75) is 12.8 Å². The molecule has 0 unspecified atom stereocenters. The summed E-state index contributed by atoms with van der Waals surface area (Å²) in [4.78, 5) is 10.3. The van der Waals surface area contributed by atoms with Crippen LogP contribution in [0.25, 0.3) is 0 Å². The SMILES string of the molecule is O=C(O)C1CC[N]CC1. The van der Waals surface area contributed by atoms with Crippen molar-refractivity contribution in [2.24, 2.45) is 5.92 Å². The lowest BCUT2D eigenvalue weighted by molar-refractivity contribution is -0.142. The molecule has 1 aliphatic heterocycles. The molecule has 1 radical (unpaired) electrons. The molecule has 9 heavy (non-hydrogen) atoms. The topological polar surface area (TPSA) is 51.4 Å². The Morgan fingerprint density at radius 3 is 2.33 bits per heavy atom. The van der Waals surface area contributed by atoms with Gasteiger partial charge in [-0.1, -0.05) is 0 Å². The van der Waals surface area contributed by atoms with Gasteiger partial charge in [0.2, 0.25) is 0 Å². The van der Waals surface area contributed by atoms with Crippen molar-refractivity contribution >= 4 is 5.97 Å². The molecular weight excluding hydrogens is 118 g/mol. The third kappa shape index (κ3) is 1.68. The first-order chi connectivity index (χ1) is 4.30. The average Bonchev–Trinajstić information content (AvgIpc) is 1.90. The zero-order chi connectivity index (χ0) is 6.69. The molecule has 1 heterocycles. The van der Waals surface area contributed by atoms with Gasteiger partial charge >= 0.3 is 5.97 Å². The highest BCUT2D eigenvalue weighted by Crippen LogP contribution is 2.11. The second kappa shape index (κ2) is 2.82. The standard InChI is InChI=1S/C6H10NO2/c8-6(9)5-1-3-7-4-2-5/h5H,1-4H2,(H,8,9). The smallest absolute Gasteiger partial charge is 0.306 e. The highest BCUT2D eigenvalue weighted by Gasteiger charge is 2.19. The maximum absolute atomic E-state index is 10.3. The van der Waals surface area contributed by atoms with Crippen LogP contribution >= 0.6 is 0 Å². The minimum atomic E-state index is -0.662. The fraction of sp³-hybridized carbons (Fsp3) is 0.833. The number of piperidine rings is 1. The molecule has 0 aliphatic carbocycles. The van der Waals surface area contributed by atoms with Crippen LogP contribution in [-0.2, 0) is 4.79 Å². The van der Waals surface area contributed by atoms with Crippen molar-refractivity contribution in [1.29, 1.82) is 0 Å². The van der Waals surface area contributed by atoms with Crippen LogP contribution in [0.2, 0.25) is 0 Å². The second-order valence-electron chi connectivity index (χ2n) is 2.28. The van der Waals surface area contributed by atoms with E-state index in [0.717, 1.165) is 25.9 Å². The first kappa shape index (κ1) is 6.55. The molecule has 1 N–H and O–H groups in total. The second-order valence-corrected chi connectivity index (χ2v) is 2.28. The summed E-state index contributed by atoms with van der Waals surface area (Å²) in [5.74, 6) is -0.785. The molecule has 1 rings (SSSR count). The van der Waals surface area contributed by atoms with Crippen molar-refractivity contribution in [2.75, 3.05) is 13.1 Å². The first-order valence-corrected chi connectivity index (χ1v) is 3.17. The van der Waals surface area contributed by atoms with Gasteiger partial charge in [0.25, 0.3) is 0 Å². The third-order valence-electron chi connectivity index (χ3n) is 1.62. The van der Waals surface area contributed by atoms with Gasteiger partial charge in [-0.15, -0.1) is 0 Å². The Hall–Kier alpha value is -0.570. The highest BCUT2D eigenvalue weighted by molar-refractivity contribution is 5.70. The Morgan fingerprint density at radius 1 is 1.44 bits per heavy atom. The van der Waals surface area contributed by atoms with Crippen molar-refractivity contribution < 1.29 is 9.90 Å². The van der Waals surface area contributed by atoms with Gasteiger partial charge in [0.05, 0.1) is 5.92 Å². The summed E-state index contributed by atoms with van der Waals surface area (Å²) in [6, 6.07) is 0. The number of nitrogens with zero attached hydrogens (tertiary/aromatic N) is 1. The fourth-order valence-electron chi connectivity index (χ4n) is 0.997. The molecule has 3 nitrogen and oxygen atoms in total. The molecule has 0 bridgehead atoms. The number of aliphatic carboxylic acids is 1. The summed E-state index contributed by atoms with van der Waals surface area (Å²) in [6.45, 7) is 1.47. The molecule has 3 heteroatoms. The van der Waals surface area contributed by atoms with E-state index < -0.39 is 5.97 Å². The zero-order valence-electron chi connectivity index (χ0n) is 5.21. The Morgan fingerprint density at radius 2 is 2.00 bits per heavy atom. The zero-order valence-corrected chi connectivity index (χ0v) is 5.21. The predicted molar refractivity (Wildman–Crippen MR) is 32.2 cm³/mol. The Kier molecular flexibility index (Phi) is 2.05. The molecule has 1 fully saturated rings. The maximum atomic E-state index is 10.3. The van der Waals surface area contributed by atoms with E-state index >= 15 is 0 Å². The van der Waals surface area contributed by atoms with Gasteiger partial charge < -0.3 is 5.11 Å². The van der Waals surface area contributed by atoms with E-state index in [9.17, 15) is 4.79 Å². The van der Waals surface area contributed by atoms with Crippen molar-refractivity contribution in [1.82, 2.24) is 5.32 Å². The number of carboxylic acids is 1. The Labute approximate surface area is 54.1 Å². The summed E-state index contributed by atoms with van der Waals surface area (Å²) in [5, 5.41) is 12.5. The number of hydrogen-bond acceptors (Lipinski definition) is 1. The summed E-state index contributed by atoms with van der Waals surface area (Å²) in [6.07, 6.45) is 1.46. The van der Waals surface area contributed by atoms with E-state index in [2.05, 4.69) is 5.32 Å². The largest absolute Gasteiger partial charge is 0.481 e. The van der Waals surface area contributed by atoms with Crippen LogP contribution in [0.4, 0.5) is 0 Å². The van der Waals surface area contributed by atoms with Crippen molar-refractivity contribution in [3.05, 3.63) is 0 Å². The molecule has 0 amide bonds. The molecule has 1 saturated heterocycles. The van der Waals surface area contributed by atoms with Crippen LogP contribution in [0.15, 0.2) is 0 Å². The number of carbonyl (C=O) groups is 1. The highest BCUT2D eigenvalue weighted by atomic mass is 16.4. The van der Waals surface area contributed by atoms with Gasteiger partial charge in [0.15, 0.2) is 0 Å². The van der Waals surface area contributed by atoms with Gasteiger partial charge in [-0.05, 0) is 12.8 Å². The molecule has 0 aromatic heterocycles. The molecule has 1 aliphatic rings. The third-order valence-corrected chi connectivity index (χ3v) is 1.62. The lowest BCUT2D eigenvalue weighted by atomic mass is 9.99. The normalized spacial score (nSPS) is 21.8. The van der Waals surface area contributed by atoms with Crippen LogP contribution in [0.1, 0.15) is 12.8 Å². The maximum Gasteiger partial charge on any atom is 0.306 e. The molecule has 0 aromatic rings. The summed E-state index contributed by atoms with van der Waals surface area (Å²) in [5.41, 5.74) is 0. The summed E-state index contributed by atoms with van der Waals surface area (Å²) < 4.78 is 0. The van der Waals surface area contributed by atoms with Gasteiger partial charge in [-0.25, -0.2) is 5.32 Å². The predicted octanol–water partition coefficient (Wildman–Crippen LogP) is 0.0854. The molecule has 0 spiro atoms. The van der Waals surface area contributed by atoms with Crippen LogP contribution in [0.3, 0.4) is 0 Å². The molecule has 0 atom stereocenters. The fourth-order valence-corrected chi connectivity index (χ4v) is 0.997. The summed E-state index contributed by atoms with van der Waals surface area (Å²) >= 11 is 0.